The molecule has 0 bridgehead atoms. The number of hydrogen-bond donors (Lipinski definition) is 5. The maximum Gasteiger partial charge on any atom is 4.00 e. The molecule has 0 radical (unpaired) electrons. The number of carboxylic acid groups (broad SMARTS) is 2. The number of Topliss-reactive ketones (excluding diaryl/α,β-unsaturated/α-hetero) is 1. The quantitative estimate of drug-likeness (QED) is 0.194. The largest absolute Gasteiger partial charge is 4.00 e. The zero-order chi connectivity index (χ0) is 16.0. The smallest absolute Gasteiger partial charge is 0.870 e. The number of rotatable bonds is 10. The van der Waals surface area contributed by atoms with E-state index in [4.69, 9.17) is 25.5 Å². The summed E-state index contributed by atoms with van der Waals surface area (Å²) in [7, 11) is 0. The van der Waals surface area contributed by atoms with E-state index >= 15 is 0 Å². The summed E-state index contributed by atoms with van der Waals surface area (Å²) in [4.78, 5) is 31.5. The molecule has 0 aliphatic rings. The number of carboxylic acids is 2. The Hall–Kier alpha value is -1.05. The molecule has 0 aromatic rings. The average Bonchev–Trinajstić information content (AvgIpc) is 2.37. The zero-order valence-electron chi connectivity index (χ0n) is 12.0. The molecule has 0 aromatic carbocycles. The van der Waals surface area contributed by atoms with Crippen LogP contribution in [-0.2, 0) is 14.4 Å². The van der Waals surface area contributed by atoms with Crippen LogP contribution in [0.2, 0.25) is 0 Å². The van der Waals surface area contributed by atoms with Gasteiger partial charge in [0.1, 0.15) is 0 Å². The molecule has 0 amide bonds. The van der Waals surface area contributed by atoms with Gasteiger partial charge in [0.2, 0.25) is 5.78 Å². The topological polar surface area (TPSA) is 186 Å². The van der Waals surface area contributed by atoms with Gasteiger partial charge in [-0.1, -0.05) is 0 Å². The van der Waals surface area contributed by atoms with E-state index < -0.39 is 30.6 Å². The molecule has 126 valence electrons. The van der Waals surface area contributed by atoms with Gasteiger partial charge in [-0.15, -0.1) is 0 Å². The number of aliphatic hydroxyl groups excluding tert-OH is 3. The molecule has 0 spiro atoms. The molecule has 10 nitrogen and oxygen atoms in total. The molecule has 0 aliphatic heterocycles. The van der Waals surface area contributed by atoms with Gasteiger partial charge in [-0.3, -0.25) is 14.5 Å². The maximum absolute atomic E-state index is 10.2. The Balaban J connectivity index is -0.000000135. The van der Waals surface area contributed by atoms with E-state index in [1.807, 2.05) is 0 Å². The Morgan fingerprint density at radius 1 is 0.773 bits per heavy atom. The summed E-state index contributed by atoms with van der Waals surface area (Å²) in [5.41, 5.74) is 0. The molecule has 0 heterocycles. The minimum Gasteiger partial charge on any atom is -0.870 e. The second-order valence-corrected chi connectivity index (χ2v) is 3.63. The average molecular weight is 385 g/mol. The van der Waals surface area contributed by atoms with Crippen LogP contribution in [0.25, 0.3) is 0 Å². The van der Waals surface area contributed by atoms with Crippen molar-refractivity contribution in [3.8, 4) is 0 Å². The standard InChI is InChI=1S/C6H15NO3.C5H6O5.Ge.H2O/c8-4-1-7(2-5-9)3-6-10;6-3(5(9)10)1-2-4(7)8;;/h8-10H,1-6H2;1-2H2,(H,7,8)(H,9,10);;1H2/q;;+4;/p-1. The van der Waals surface area contributed by atoms with Gasteiger partial charge in [-0.25, -0.2) is 4.79 Å². The molecule has 0 unspecified atom stereocenters. The molecule has 11 heteroatoms. The minimum atomic E-state index is -1.58. The van der Waals surface area contributed by atoms with Gasteiger partial charge in [0.15, 0.2) is 0 Å². The Kier molecular flexibility index (Phi) is 26.3. The van der Waals surface area contributed by atoms with Crippen molar-refractivity contribution in [3.63, 3.8) is 0 Å². The van der Waals surface area contributed by atoms with Gasteiger partial charge in [0.25, 0.3) is 0 Å². The molecule has 22 heavy (non-hydrogen) atoms. The molecular formula is C11H22GeNO9+3. The van der Waals surface area contributed by atoms with Crippen molar-refractivity contribution in [2.45, 2.75) is 12.8 Å². The Morgan fingerprint density at radius 2 is 1.14 bits per heavy atom. The first-order valence-corrected chi connectivity index (χ1v) is 5.91. The number of hydrogen-bond acceptors (Lipinski definition) is 8. The molecule has 0 aliphatic carbocycles. The summed E-state index contributed by atoms with van der Waals surface area (Å²) >= 11 is 0. The van der Waals surface area contributed by atoms with Crippen molar-refractivity contribution in [2.75, 3.05) is 39.5 Å². The van der Waals surface area contributed by atoms with Gasteiger partial charge < -0.3 is 31.0 Å². The van der Waals surface area contributed by atoms with E-state index in [0.717, 1.165) is 0 Å². The van der Waals surface area contributed by atoms with Crippen molar-refractivity contribution in [1.82, 2.24) is 4.90 Å². The molecule has 0 saturated heterocycles. The normalized spacial score (nSPS) is 8.91. The summed E-state index contributed by atoms with van der Waals surface area (Å²) in [6, 6.07) is 0. The molecule has 0 fully saturated rings. The van der Waals surface area contributed by atoms with Crippen LogP contribution >= 0.6 is 0 Å². The monoisotopic (exact) mass is 386 g/mol. The summed E-state index contributed by atoms with van der Waals surface area (Å²) in [5, 5.41) is 41.4. The fourth-order valence-corrected chi connectivity index (χ4v) is 1.09. The van der Waals surface area contributed by atoms with Crippen LogP contribution in [0.3, 0.4) is 0 Å². The first kappa shape index (κ1) is 29.0. The number of aliphatic hydroxyl groups is 3. The van der Waals surface area contributed by atoms with Gasteiger partial charge >= 0.3 is 29.5 Å². The SMILES string of the molecule is O=C(O)CCC(=O)C(=O)O.OCCN(CCO)CCO.[Ge+4].[OH-]. The second-order valence-electron chi connectivity index (χ2n) is 3.63. The van der Waals surface area contributed by atoms with Crippen LogP contribution in [0.4, 0.5) is 0 Å². The van der Waals surface area contributed by atoms with Crippen molar-refractivity contribution < 1.29 is 45.4 Å². The van der Waals surface area contributed by atoms with Crippen molar-refractivity contribution in [2.24, 2.45) is 0 Å². The van der Waals surface area contributed by atoms with Gasteiger partial charge in [-0.05, 0) is 0 Å². The Labute approximate surface area is 138 Å². The van der Waals surface area contributed by atoms with Crippen molar-refractivity contribution in [3.05, 3.63) is 0 Å². The van der Waals surface area contributed by atoms with Crippen LogP contribution < -0.4 is 0 Å². The van der Waals surface area contributed by atoms with Crippen molar-refractivity contribution >= 4 is 35.3 Å². The summed E-state index contributed by atoms with van der Waals surface area (Å²) in [5.74, 6) is -3.82. The van der Waals surface area contributed by atoms with Crippen LogP contribution in [0.5, 0.6) is 0 Å². The third kappa shape index (κ3) is 21.3. The number of ketones is 1. The molecule has 6 N–H and O–H groups in total. The van der Waals surface area contributed by atoms with Crippen LogP contribution in [0.15, 0.2) is 0 Å². The van der Waals surface area contributed by atoms with E-state index in [2.05, 4.69) is 0 Å². The molecule has 0 atom stereocenters. The van der Waals surface area contributed by atoms with E-state index in [0.29, 0.717) is 19.6 Å². The van der Waals surface area contributed by atoms with Gasteiger partial charge in [0.05, 0.1) is 26.2 Å². The number of aliphatic carboxylic acids is 2. The summed E-state index contributed by atoms with van der Waals surface area (Å²) in [6.07, 6.45) is -0.865. The molecule has 0 rings (SSSR count). The number of nitrogens with zero attached hydrogens (tertiary/aromatic N) is 1. The predicted octanol–water partition coefficient (Wildman–Crippen LogP) is -2.79. The number of carbonyl (C=O) groups excluding carboxylic acids is 1. The molecular weight excluding hydrogens is 363 g/mol. The zero-order valence-corrected chi connectivity index (χ0v) is 14.1. The number of carbonyl (C=O) groups is 3. The molecule has 0 saturated carbocycles. The third-order valence-electron chi connectivity index (χ3n) is 2.05. The van der Waals surface area contributed by atoms with E-state index in [1.165, 1.54) is 0 Å². The van der Waals surface area contributed by atoms with E-state index in [1.54, 1.807) is 4.90 Å². The first-order valence-electron chi connectivity index (χ1n) is 5.91. The maximum atomic E-state index is 10.2. The fraction of sp³-hybridized carbons (Fsp3) is 0.727. The third-order valence-corrected chi connectivity index (χ3v) is 2.05. The van der Waals surface area contributed by atoms with Crippen LogP contribution in [0, 0.1) is 0 Å². The minimum absolute atomic E-state index is 0. The van der Waals surface area contributed by atoms with Crippen LogP contribution in [-0.4, -0.2) is 111 Å². The van der Waals surface area contributed by atoms with Gasteiger partial charge in [0, 0.05) is 26.1 Å². The Bertz CT molecular complexity index is 287. The van der Waals surface area contributed by atoms with Crippen LogP contribution in [0.1, 0.15) is 12.8 Å². The second kappa shape index (κ2) is 20.0. The fourth-order valence-electron chi connectivity index (χ4n) is 1.09. The Morgan fingerprint density at radius 3 is 1.36 bits per heavy atom. The summed E-state index contributed by atoms with van der Waals surface area (Å²) in [6.45, 7) is 1.75. The van der Waals surface area contributed by atoms with Gasteiger partial charge in [-0.2, -0.15) is 0 Å². The molecule has 0 aromatic heterocycles. The predicted molar refractivity (Wildman–Crippen MR) is 74.9 cm³/mol. The van der Waals surface area contributed by atoms with E-state index in [-0.39, 0.29) is 42.9 Å². The first-order chi connectivity index (χ1) is 9.38. The van der Waals surface area contributed by atoms with Crippen molar-refractivity contribution in [1.29, 1.82) is 0 Å². The van der Waals surface area contributed by atoms with E-state index in [9.17, 15) is 14.4 Å². The summed E-state index contributed by atoms with van der Waals surface area (Å²) < 4.78 is 0.